The summed E-state index contributed by atoms with van der Waals surface area (Å²) < 4.78 is 0. The van der Waals surface area contributed by atoms with E-state index < -0.39 is 0 Å². The molecule has 0 radical (unpaired) electrons. The predicted molar refractivity (Wildman–Crippen MR) is 95.2 cm³/mol. The highest BCUT2D eigenvalue weighted by Crippen LogP contribution is 2.26. The molecule has 1 aliphatic carbocycles. The fourth-order valence-electron chi connectivity index (χ4n) is 3.47. The molecular formula is C18H29N5O. The van der Waals surface area contributed by atoms with E-state index in [9.17, 15) is 4.79 Å². The van der Waals surface area contributed by atoms with E-state index in [1.807, 2.05) is 20.0 Å². The number of anilines is 1. The Morgan fingerprint density at radius 2 is 2.04 bits per heavy atom. The van der Waals surface area contributed by atoms with E-state index >= 15 is 0 Å². The van der Waals surface area contributed by atoms with E-state index in [1.54, 1.807) is 4.90 Å². The predicted octanol–water partition coefficient (Wildman–Crippen LogP) is 1.48. The zero-order chi connectivity index (χ0) is 16.9. The van der Waals surface area contributed by atoms with Gasteiger partial charge in [-0.05, 0) is 38.7 Å². The average molecular weight is 331 g/mol. The topological polar surface area (TPSA) is 52.6 Å². The molecule has 0 bridgehead atoms. The van der Waals surface area contributed by atoms with Crippen LogP contribution in [0.5, 0.6) is 0 Å². The molecule has 1 amide bonds. The minimum absolute atomic E-state index is 0.726. The summed E-state index contributed by atoms with van der Waals surface area (Å²) in [5.41, 5.74) is 2.16. The zero-order valence-corrected chi connectivity index (χ0v) is 14.9. The lowest BCUT2D eigenvalue weighted by atomic mass is 9.91. The number of hydrogen-bond acceptors (Lipinski definition) is 5. The standard InChI is InChI=1S/C18H29N5O/c1-3-21(14-24)8-7-16-13-19-18(20-15(16)2)23-11-9-22(10-12-23)17-5-4-6-17/h13-14,17H,3-12H2,1-2H3. The molecule has 0 N–H and O–H groups in total. The van der Waals surface area contributed by atoms with E-state index in [2.05, 4.69) is 14.8 Å². The number of rotatable bonds is 7. The van der Waals surface area contributed by atoms with Crippen LogP contribution in [0.2, 0.25) is 0 Å². The fourth-order valence-corrected chi connectivity index (χ4v) is 3.47. The van der Waals surface area contributed by atoms with E-state index in [-0.39, 0.29) is 0 Å². The molecule has 1 saturated carbocycles. The Morgan fingerprint density at radius 1 is 1.29 bits per heavy atom. The Balaban J connectivity index is 1.55. The van der Waals surface area contributed by atoms with Gasteiger partial charge < -0.3 is 9.80 Å². The molecule has 2 aliphatic rings. The van der Waals surface area contributed by atoms with Gasteiger partial charge in [0.05, 0.1) is 0 Å². The van der Waals surface area contributed by atoms with Crippen LogP contribution in [0.1, 0.15) is 37.4 Å². The molecule has 2 fully saturated rings. The summed E-state index contributed by atoms with van der Waals surface area (Å²) in [5, 5.41) is 0. The maximum atomic E-state index is 10.9. The van der Waals surface area contributed by atoms with Crippen molar-refractivity contribution in [2.45, 2.75) is 45.6 Å². The van der Waals surface area contributed by atoms with Crippen molar-refractivity contribution in [2.75, 3.05) is 44.2 Å². The van der Waals surface area contributed by atoms with Crippen LogP contribution in [-0.2, 0) is 11.2 Å². The third-order valence-electron chi connectivity index (χ3n) is 5.48. The van der Waals surface area contributed by atoms with E-state index in [1.165, 1.54) is 19.3 Å². The highest BCUT2D eigenvalue weighted by Gasteiger charge is 2.28. The number of piperazine rings is 1. The molecule has 1 saturated heterocycles. The monoisotopic (exact) mass is 331 g/mol. The lowest BCUT2D eigenvalue weighted by molar-refractivity contribution is -0.117. The van der Waals surface area contributed by atoms with Gasteiger partial charge in [0.1, 0.15) is 0 Å². The van der Waals surface area contributed by atoms with Gasteiger partial charge in [-0.1, -0.05) is 6.42 Å². The second-order valence-corrected chi connectivity index (χ2v) is 6.87. The molecule has 3 rings (SSSR count). The van der Waals surface area contributed by atoms with Gasteiger partial charge in [0.15, 0.2) is 0 Å². The number of aryl methyl sites for hydroxylation is 1. The molecule has 2 heterocycles. The van der Waals surface area contributed by atoms with Gasteiger partial charge in [-0.2, -0.15) is 0 Å². The minimum Gasteiger partial charge on any atom is -0.345 e. The van der Waals surface area contributed by atoms with Crippen molar-refractivity contribution in [3.63, 3.8) is 0 Å². The summed E-state index contributed by atoms with van der Waals surface area (Å²) in [6.45, 7) is 9.79. The number of nitrogens with zero attached hydrogens (tertiary/aromatic N) is 5. The molecule has 1 aromatic heterocycles. The van der Waals surface area contributed by atoms with Crippen molar-refractivity contribution < 1.29 is 4.79 Å². The minimum atomic E-state index is 0.726. The van der Waals surface area contributed by atoms with Gasteiger partial charge in [0.2, 0.25) is 12.4 Å². The van der Waals surface area contributed by atoms with Crippen molar-refractivity contribution in [2.24, 2.45) is 0 Å². The van der Waals surface area contributed by atoms with Crippen molar-refractivity contribution in [1.29, 1.82) is 0 Å². The van der Waals surface area contributed by atoms with Crippen LogP contribution in [0.15, 0.2) is 6.20 Å². The van der Waals surface area contributed by atoms with Gasteiger partial charge in [0.25, 0.3) is 0 Å². The normalized spacial score (nSPS) is 19.2. The molecule has 0 unspecified atom stereocenters. The Labute approximate surface area is 144 Å². The second-order valence-electron chi connectivity index (χ2n) is 6.87. The molecule has 1 aliphatic heterocycles. The molecule has 132 valence electrons. The van der Waals surface area contributed by atoms with E-state index in [0.29, 0.717) is 0 Å². The molecule has 0 aromatic carbocycles. The lowest BCUT2D eigenvalue weighted by Gasteiger charge is -2.42. The van der Waals surface area contributed by atoms with Gasteiger partial charge in [-0.3, -0.25) is 9.69 Å². The third kappa shape index (κ3) is 3.86. The summed E-state index contributed by atoms with van der Waals surface area (Å²) in [4.78, 5) is 26.9. The summed E-state index contributed by atoms with van der Waals surface area (Å²) in [6, 6.07) is 0.830. The highest BCUT2D eigenvalue weighted by atomic mass is 16.1. The quantitative estimate of drug-likeness (QED) is 0.709. The largest absolute Gasteiger partial charge is 0.345 e. The number of amides is 1. The van der Waals surface area contributed by atoms with E-state index in [4.69, 9.17) is 4.98 Å². The van der Waals surface area contributed by atoms with Crippen LogP contribution in [-0.4, -0.2) is 71.5 Å². The first-order chi connectivity index (χ1) is 11.7. The SMILES string of the molecule is CCN(C=O)CCc1cnc(N2CCN(C3CCC3)CC2)nc1C. The summed E-state index contributed by atoms with van der Waals surface area (Å²) in [5.74, 6) is 0.854. The molecule has 6 heteroatoms. The van der Waals surface area contributed by atoms with Crippen LogP contribution >= 0.6 is 0 Å². The van der Waals surface area contributed by atoms with Crippen LogP contribution in [0.4, 0.5) is 5.95 Å². The highest BCUT2D eigenvalue weighted by molar-refractivity contribution is 5.46. The van der Waals surface area contributed by atoms with Crippen molar-refractivity contribution >= 4 is 12.4 Å². The van der Waals surface area contributed by atoms with Gasteiger partial charge in [-0.25, -0.2) is 9.97 Å². The van der Waals surface area contributed by atoms with Crippen LogP contribution < -0.4 is 4.90 Å². The molecule has 1 aromatic rings. The Bertz CT molecular complexity index is 552. The maximum absolute atomic E-state index is 10.9. The summed E-state index contributed by atoms with van der Waals surface area (Å²) >= 11 is 0. The van der Waals surface area contributed by atoms with E-state index in [0.717, 1.165) is 75.3 Å². The third-order valence-corrected chi connectivity index (χ3v) is 5.48. The number of carbonyl (C=O) groups is 1. The molecular weight excluding hydrogens is 302 g/mol. The van der Waals surface area contributed by atoms with Gasteiger partial charge in [-0.15, -0.1) is 0 Å². The van der Waals surface area contributed by atoms with Gasteiger partial charge >= 0.3 is 0 Å². The summed E-state index contributed by atoms with van der Waals surface area (Å²) in [7, 11) is 0. The molecule has 0 spiro atoms. The first kappa shape index (κ1) is 17.1. The van der Waals surface area contributed by atoms with Crippen molar-refractivity contribution in [1.82, 2.24) is 19.8 Å². The number of carbonyl (C=O) groups excluding carboxylic acids is 1. The van der Waals surface area contributed by atoms with Crippen LogP contribution in [0.25, 0.3) is 0 Å². The second kappa shape index (κ2) is 7.92. The maximum Gasteiger partial charge on any atom is 0.225 e. The smallest absolute Gasteiger partial charge is 0.225 e. The number of aromatic nitrogens is 2. The molecule has 0 atom stereocenters. The average Bonchev–Trinajstić information content (AvgIpc) is 2.56. The zero-order valence-electron chi connectivity index (χ0n) is 14.9. The van der Waals surface area contributed by atoms with Crippen molar-refractivity contribution in [3.05, 3.63) is 17.5 Å². The van der Waals surface area contributed by atoms with Crippen LogP contribution in [0.3, 0.4) is 0 Å². The first-order valence-corrected chi connectivity index (χ1v) is 9.22. The van der Waals surface area contributed by atoms with Crippen LogP contribution in [0, 0.1) is 6.92 Å². The number of hydrogen-bond donors (Lipinski definition) is 0. The van der Waals surface area contributed by atoms with Gasteiger partial charge in [0, 0.05) is 57.2 Å². The summed E-state index contributed by atoms with van der Waals surface area (Å²) in [6.07, 6.45) is 7.81. The molecule has 6 nitrogen and oxygen atoms in total. The fraction of sp³-hybridized carbons (Fsp3) is 0.722. The lowest BCUT2D eigenvalue weighted by Crippen LogP contribution is -2.52. The Morgan fingerprint density at radius 3 is 2.58 bits per heavy atom. The first-order valence-electron chi connectivity index (χ1n) is 9.22. The Kier molecular flexibility index (Phi) is 5.66. The number of likely N-dealkylation sites (N-methyl/N-ethyl adjacent to an activating group) is 1. The van der Waals surface area contributed by atoms with Crippen molar-refractivity contribution in [3.8, 4) is 0 Å². The Hall–Kier alpha value is -1.69. The molecule has 24 heavy (non-hydrogen) atoms.